The summed E-state index contributed by atoms with van der Waals surface area (Å²) in [7, 11) is 3.21. The second-order valence-electron chi connectivity index (χ2n) is 5.52. The van der Waals surface area contributed by atoms with E-state index in [-0.39, 0.29) is 11.7 Å². The van der Waals surface area contributed by atoms with Crippen molar-refractivity contribution in [2.24, 2.45) is 0 Å². The molecule has 2 N–H and O–H groups in total. The second kappa shape index (κ2) is 9.43. The van der Waals surface area contributed by atoms with Crippen LogP contribution in [0.2, 0.25) is 0 Å². The molecule has 0 aliphatic rings. The van der Waals surface area contributed by atoms with Crippen molar-refractivity contribution in [3.63, 3.8) is 0 Å². The normalized spacial score (nSPS) is 10.6. The topological polar surface area (TPSA) is 89.1 Å². The van der Waals surface area contributed by atoms with Crippen molar-refractivity contribution in [3.05, 3.63) is 41.3 Å². The minimum Gasteiger partial charge on any atom is -0.493 e. The highest BCUT2D eigenvalue weighted by Gasteiger charge is 2.10. The number of carbonyl (C=O) groups is 1. The van der Waals surface area contributed by atoms with Gasteiger partial charge in [0, 0.05) is 6.54 Å². The van der Waals surface area contributed by atoms with Crippen LogP contribution in [0.1, 0.15) is 5.56 Å². The van der Waals surface area contributed by atoms with Gasteiger partial charge >= 0.3 is 0 Å². The fourth-order valence-corrected chi connectivity index (χ4v) is 3.69. The van der Waals surface area contributed by atoms with Crippen LogP contribution in [0.5, 0.6) is 11.5 Å². The Balaban J connectivity index is 1.42. The van der Waals surface area contributed by atoms with E-state index in [1.807, 2.05) is 35.7 Å². The van der Waals surface area contributed by atoms with Crippen molar-refractivity contribution in [2.75, 3.05) is 26.5 Å². The zero-order chi connectivity index (χ0) is 19.1. The molecule has 7 nitrogen and oxygen atoms in total. The fraction of sp³-hybridized carbons (Fsp3) is 0.278. The number of nitrogens with one attached hydrogen (secondary N) is 2. The van der Waals surface area contributed by atoms with Crippen molar-refractivity contribution < 1.29 is 14.3 Å². The van der Waals surface area contributed by atoms with Gasteiger partial charge in [0.15, 0.2) is 17.3 Å². The van der Waals surface area contributed by atoms with Crippen LogP contribution >= 0.6 is 23.1 Å². The molecule has 0 unspecified atom stereocenters. The number of aromatic nitrogens is 3. The van der Waals surface area contributed by atoms with Gasteiger partial charge in [-0.3, -0.25) is 9.89 Å². The van der Waals surface area contributed by atoms with E-state index in [0.717, 1.165) is 16.3 Å². The molecular formula is C18H20N4O3S2. The number of aromatic amines is 1. The lowest BCUT2D eigenvalue weighted by Gasteiger charge is -2.10. The lowest BCUT2D eigenvalue weighted by molar-refractivity contribution is -0.118. The Hall–Kier alpha value is -2.52. The molecular weight excluding hydrogens is 384 g/mol. The highest BCUT2D eigenvalue weighted by Crippen LogP contribution is 2.27. The first-order valence-corrected chi connectivity index (χ1v) is 10.1. The minimum atomic E-state index is -0.0528. The zero-order valence-electron chi connectivity index (χ0n) is 15.0. The van der Waals surface area contributed by atoms with Gasteiger partial charge in [0.1, 0.15) is 0 Å². The van der Waals surface area contributed by atoms with Crippen molar-refractivity contribution in [1.29, 1.82) is 0 Å². The van der Waals surface area contributed by atoms with Gasteiger partial charge in [-0.2, -0.15) is 0 Å². The molecule has 3 rings (SSSR count). The maximum absolute atomic E-state index is 12.0. The molecule has 3 aromatic rings. The molecule has 0 saturated carbocycles. The average molecular weight is 405 g/mol. The molecule has 0 radical (unpaired) electrons. The predicted molar refractivity (Wildman–Crippen MR) is 107 cm³/mol. The first kappa shape index (κ1) is 19.2. The number of nitrogens with zero attached hydrogens (tertiary/aromatic N) is 2. The summed E-state index contributed by atoms with van der Waals surface area (Å²) in [6.45, 7) is 0.545. The third-order valence-corrected chi connectivity index (χ3v) is 5.46. The molecule has 0 saturated heterocycles. The average Bonchev–Trinajstić information content (AvgIpc) is 3.37. The molecule has 0 aliphatic carbocycles. The van der Waals surface area contributed by atoms with Gasteiger partial charge in [-0.1, -0.05) is 23.9 Å². The summed E-state index contributed by atoms with van der Waals surface area (Å²) >= 11 is 2.89. The molecule has 2 aromatic heterocycles. The molecule has 2 heterocycles. The number of rotatable bonds is 9. The van der Waals surface area contributed by atoms with Crippen molar-refractivity contribution >= 4 is 29.0 Å². The lowest BCUT2D eigenvalue weighted by Crippen LogP contribution is -2.27. The minimum absolute atomic E-state index is 0.0528. The van der Waals surface area contributed by atoms with Gasteiger partial charge in [-0.05, 0) is 35.6 Å². The SMILES string of the molecule is COc1ccc(CCNC(=O)CSc2n[nH]c(-c3cccs3)n2)cc1OC. The smallest absolute Gasteiger partial charge is 0.230 e. The molecule has 1 aromatic carbocycles. The van der Waals surface area contributed by atoms with Crippen LogP contribution in [-0.4, -0.2) is 47.6 Å². The first-order valence-electron chi connectivity index (χ1n) is 8.26. The molecule has 9 heteroatoms. The molecule has 0 spiro atoms. The lowest BCUT2D eigenvalue weighted by atomic mass is 10.1. The Kier molecular flexibility index (Phi) is 6.72. The number of H-pyrrole nitrogens is 1. The Morgan fingerprint density at radius 2 is 2.11 bits per heavy atom. The summed E-state index contributed by atoms with van der Waals surface area (Å²) in [6.07, 6.45) is 0.708. The number of hydrogen-bond acceptors (Lipinski definition) is 7. The standard InChI is InChI=1S/C18H20N4O3S2/c1-24-13-6-5-12(10-14(13)25-2)7-8-19-16(23)11-27-18-20-17(21-22-18)15-4-3-9-26-15/h3-6,9-10H,7-8,11H2,1-2H3,(H,19,23)(H,20,21,22). The number of thiophene rings is 1. The molecule has 0 bridgehead atoms. The number of benzene rings is 1. The van der Waals surface area contributed by atoms with Gasteiger partial charge in [0.25, 0.3) is 0 Å². The van der Waals surface area contributed by atoms with E-state index in [1.165, 1.54) is 11.8 Å². The van der Waals surface area contributed by atoms with Crippen LogP contribution in [0.3, 0.4) is 0 Å². The van der Waals surface area contributed by atoms with E-state index in [4.69, 9.17) is 9.47 Å². The largest absolute Gasteiger partial charge is 0.493 e. The number of amides is 1. The van der Waals surface area contributed by atoms with E-state index in [0.29, 0.717) is 29.6 Å². The van der Waals surface area contributed by atoms with E-state index in [2.05, 4.69) is 20.5 Å². The number of thioether (sulfide) groups is 1. The molecule has 0 atom stereocenters. The highest BCUT2D eigenvalue weighted by atomic mass is 32.2. The van der Waals surface area contributed by atoms with E-state index < -0.39 is 0 Å². The Bertz CT molecular complexity index is 881. The molecule has 0 fully saturated rings. The van der Waals surface area contributed by atoms with Crippen LogP contribution in [0, 0.1) is 0 Å². The van der Waals surface area contributed by atoms with Crippen molar-refractivity contribution in [3.8, 4) is 22.2 Å². The van der Waals surface area contributed by atoms with Crippen molar-refractivity contribution in [2.45, 2.75) is 11.6 Å². The fourth-order valence-electron chi connectivity index (χ4n) is 2.40. The van der Waals surface area contributed by atoms with Gasteiger partial charge in [0.05, 0.1) is 24.8 Å². The quantitative estimate of drug-likeness (QED) is 0.533. The first-order chi connectivity index (χ1) is 13.2. The molecule has 27 heavy (non-hydrogen) atoms. The molecule has 1 amide bonds. The molecule has 142 valence electrons. The van der Waals surface area contributed by atoms with Crippen molar-refractivity contribution in [1.82, 2.24) is 20.5 Å². The van der Waals surface area contributed by atoms with Crippen LogP contribution in [0.25, 0.3) is 10.7 Å². The summed E-state index contributed by atoms with van der Waals surface area (Å²) in [5, 5.41) is 12.5. The number of carbonyl (C=O) groups excluding carboxylic acids is 1. The number of hydrogen-bond donors (Lipinski definition) is 2. The van der Waals surface area contributed by atoms with Gasteiger partial charge in [0.2, 0.25) is 11.1 Å². The van der Waals surface area contributed by atoms with Crippen LogP contribution in [0.4, 0.5) is 0 Å². The maximum Gasteiger partial charge on any atom is 0.230 e. The highest BCUT2D eigenvalue weighted by molar-refractivity contribution is 7.99. The van der Waals surface area contributed by atoms with E-state index in [9.17, 15) is 4.79 Å². The Labute approximate surface area is 165 Å². The Morgan fingerprint density at radius 1 is 1.26 bits per heavy atom. The molecule has 0 aliphatic heterocycles. The van der Waals surface area contributed by atoms with E-state index >= 15 is 0 Å². The Morgan fingerprint density at radius 3 is 2.85 bits per heavy atom. The maximum atomic E-state index is 12.0. The van der Waals surface area contributed by atoms with E-state index in [1.54, 1.807) is 25.6 Å². The number of methoxy groups -OCH3 is 2. The van der Waals surface area contributed by atoms with Gasteiger partial charge in [-0.25, -0.2) is 4.98 Å². The predicted octanol–water partition coefficient (Wildman–Crippen LogP) is 3.00. The second-order valence-corrected chi connectivity index (χ2v) is 7.41. The summed E-state index contributed by atoms with van der Waals surface area (Å²) in [5.41, 5.74) is 1.06. The third kappa shape index (κ3) is 5.24. The monoisotopic (exact) mass is 404 g/mol. The van der Waals surface area contributed by atoms with Gasteiger partial charge < -0.3 is 14.8 Å². The third-order valence-electron chi connectivity index (χ3n) is 3.74. The summed E-state index contributed by atoms with van der Waals surface area (Å²) in [4.78, 5) is 17.4. The number of ether oxygens (including phenoxy) is 2. The summed E-state index contributed by atoms with van der Waals surface area (Å²) in [5.74, 6) is 2.32. The van der Waals surface area contributed by atoms with Gasteiger partial charge in [-0.15, -0.1) is 16.4 Å². The summed E-state index contributed by atoms with van der Waals surface area (Å²) < 4.78 is 10.5. The van der Waals surface area contributed by atoms with Crippen LogP contribution in [-0.2, 0) is 11.2 Å². The zero-order valence-corrected chi connectivity index (χ0v) is 16.7. The van der Waals surface area contributed by atoms with Crippen LogP contribution < -0.4 is 14.8 Å². The summed E-state index contributed by atoms with van der Waals surface area (Å²) in [6, 6.07) is 9.67. The van der Waals surface area contributed by atoms with Crippen LogP contribution in [0.15, 0.2) is 40.9 Å².